The number of halogens is 2. The van der Waals surface area contributed by atoms with E-state index in [1.54, 1.807) is 31.4 Å². The van der Waals surface area contributed by atoms with Gasteiger partial charge >= 0.3 is 0 Å². The Morgan fingerprint density at radius 2 is 1.59 bits per heavy atom. The van der Waals surface area contributed by atoms with Gasteiger partial charge in [0.25, 0.3) is 11.7 Å². The fourth-order valence-corrected chi connectivity index (χ4v) is 5.42. The number of fused-ring (bicyclic) bond motifs is 1. The Morgan fingerprint density at radius 1 is 0.946 bits per heavy atom. The van der Waals surface area contributed by atoms with Crippen LogP contribution in [0.3, 0.4) is 0 Å². The van der Waals surface area contributed by atoms with E-state index < -0.39 is 23.5 Å². The van der Waals surface area contributed by atoms with Gasteiger partial charge in [0.15, 0.2) is 5.75 Å². The largest absolute Gasteiger partial charge is 0.507 e. The second-order valence-corrected chi connectivity index (χ2v) is 9.37. The number of benzene rings is 3. The summed E-state index contributed by atoms with van der Waals surface area (Å²) < 4.78 is 12.4. The molecule has 1 aromatic heterocycles. The molecule has 7 nitrogen and oxygen atoms in total. The van der Waals surface area contributed by atoms with Crippen molar-refractivity contribution in [2.45, 2.75) is 6.04 Å². The van der Waals surface area contributed by atoms with Crippen molar-refractivity contribution >= 4 is 57.2 Å². The van der Waals surface area contributed by atoms with E-state index in [0.717, 1.165) is 10.9 Å². The minimum Gasteiger partial charge on any atom is -0.507 e. The van der Waals surface area contributed by atoms with Gasteiger partial charge in [-0.05, 0) is 42.5 Å². The minimum absolute atomic E-state index is 0.0746. The molecule has 2 heterocycles. The van der Waals surface area contributed by atoms with Gasteiger partial charge in [0.1, 0.15) is 11.5 Å². The van der Waals surface area contributed by atoms with E-state index in [4.69, 9.17) is 32.7 Å². The summed E-state index contributed by atoms with van der Waals surface area (Å²) in [6.45, 7) is 0. The Bertz CT molecular complexity index is 1570. The second-order valence-electron chi connectivity index (χ2n) is 8.55. The number of Topliss-reactive ketones (excluding diaryl/α,β-unsaturated/α-hetero) is 1. The fraction of sp³-hybridized carbons (Fsp3) is 0.143. The monoisotopic (exact) mass is 536 g/mol. The molecule has 1 N–H and O–H groups in total. The maximum Gasteiger partial charge on any atom is 0.300 e. The van der Waals surface area contributed by atoms with Crippen molar-refractivity contribution in [3.05, 3.63) is 93.6 Å². The third-order valence-electron chi connectivity index (χ3n) is 6.49. The quantitative estimate of drug-likeness (QED) is 0.188. The molecule has 0 aliphatic carbocycles. The molecule has 4 aromatic rings. The summed E-state index contributed by atoms with van der Waals surface area (Å²) in [5, 5.41) is 12.6. The standard InChI is InChI=1S/C28H22Cl2N2O5/c1-31-14-19(18-6-4-5-7-22(18)31)24-23(25(33)15-12-20(29)27(37-3)21(30)13-15)26(34)28(35)32(24)16-8-10-17(36-2)11-9-16/h4-14,24,33H,1-3H3/b25-23+. The highest BCUT2D eigenvalue weighted by Gasteiger charge is 2.48. The summed E-state index contributed by atoms with van der Waals surface area (Å²) in [5.41, 5.74) is 2.18. The molecular weight excluding hydrogens is 515 g/mol. The van der Waals surface area contributed by atoms with Crippen LogP contribution in [0.5, 0.6) is 11.5 Å². The smallest absolute Gasteiger partial charge is 0.300 e. The van der Waals surface area contributed by atoms with E-state index >= 15 is 0 Å². The Hall–Kier alpha value is -3.94. The molecule has 188 valence electrons. The average Bonchev–Trinajstić information content (AvgIpc) is 3.36. The first-order valence-corrected chi connectivity index (χ1v) is 12.0. The predicted octanol–water partition coefficient (Wildman–Crippen LogP) is 6.13. The maximum absolute atomic E-state index is 13.5. The molecule has 0 bridgehead atoms. The van der Waals surface area contributed by atoms with Crippen molar-refractivity contribution < 1.29 is 24.2 Å². The number of para-hydroxylation sites is 1. The highest BCUT2D eigenvalue weighted by atomic mass is 35.5. The van der Waals surface area contributed by atoms with Crippen LogP contribution < -0.4 is 14.4 Å². The van der Waals surface area contributed by atoms with Crippen molar-refractivity contribution in [1.29, 1.82) is 0 Å². The molecule has 1 aliphatic heterocycles. The lowest BCUT2D eigenvalue weighted by Crippen LogP contribution is -2.29. The summed E-state index contributed by atoms with van der Waals surface area (Å²) in [4.78, 5) is 28.4. The van der Waals surface area contributed by atoms with Crippen LogP contribution in [0.15, 0.2) is 72.4 Å². The Balaban J connectivity index is 1.79. The summed E-state index contributed by atoms with van der Waals surface area (Å²) in [6, 6.07) is 16.4. The third-order valence-corrected chi connectivity index (χ3v) is 7.05. The van der Waals surface area contributed by atoms with Crippen molar-refractivity contribution in [1.82, 2.24) is 4.57 Å². The van der Waals surface area contributed by atoms with E-state index in [-0.39, 0.29) is 26.9 Å². The number of carbonyl (C=O) groups excluding carboxylic acids is 2. The number of rotatable bonds is 5. The van der Waals surface area contributed by atoms with E-state index in [1.807, 2.05) is 42.1 Å². The number of hydrogen-bond donors (Lipinski definition) is 1. The molecule has 0 radical (unpaired) electrons. The van der Waals surface area contributed by atoms with Crippen LogP contribution in [0.2, 0.25) is 10.0 Å². The maximum atomic E-state index is 13.5. The van der Waals surface area contributed by atoms with Crippen LogP contribution in [0.25, 0.3) is 16.7 Å². The van der Waals surface area contributed by atoms with Crippen LogP contribution in [-0.4, -0.2) is 35.6 Å². The lowest BCUT2D eigenvalue weighted by atomic mass is 9.94. The van der Waals surface area contributed by atoms with Gasteiger partial charge in [0.05, 0.1) is 35.9 Å². The van der Waals surface area contributed by atoms with Gasteiger partial charge < -0.3 is 19.1 Å². The SMILES string of the molecule is COc1ccc(N2C(=O)C(=O)/C(=C(/O)c3cc(Cl)c(OC)c(Cl)c3)C2c2cn(C)c3ccccc23)cc1. The minimum atomic E-state index is -0.917. The highest BCUT2D eigenvalue weighted by molar-refractivity contribution is 6.52. The fourth-order valence-electron chi connectivity index (χ4n) is 4.77. The number of hydrogen-bond acceptors (Lipinski definition) is 5. The van der Waals surface area contributed by atoms with Gasteiger partial charge in [-0.25, -0.2) is 0 Å². The Labute approximate surface area is 223 Å². The first-order chi connectivity index (χ1) is 17.8. The summed E-state index contributed by atoms with van der Waals surface area (Å²) in [6.07, 6.45) is 1.86. The van der Waals surface area contributed by atoms with Crippen molar-refractivity contribution in [3.63, 3.8) is 0 Å². The van der Waals surface area contributed by atoms with Crippen molar-refractivity contribution in [2.24, 2.45) is 7.05 Å². The molecule has 3 aromatic carbocycles. The predicted molar refractivity (Wildman–Crippen MR) is 144 cm³/mol. The summed E-state index contributed by atoms with van der Waals surface area (Å²) in [7, 11) is 4.85. The molecule has 0 spiro atoms. The molecule has 0 saturated carbocycles. The van der Waals surface area contributed by atoms with E-state index in [9.17, 15) is 14.7 Å². The number of aromatic nitrogens is 1. The van der Waals surface area contributed by atoms with Crippen LogP contribution in [0, 0.1) is 0 Å². The Kier molecular flexibility index (Phi) is 6.35. The van der Waals surface area contributed by atoms with Crippen LogP contribution in [0.1, 0.15) is 17.2 Å². The number of aliphatic hydroxyl groups excluding tert-OH is 1. The molecular formula is C28H22Cl2N2O5. The van der Waals surface area contributed by atoms with Gasteiger partial charge in [-0.1, -0.05) is 41.4 Å². The lowest BCUT2D eigenvalue weighted by molar-refractivity contribution is -0.132. The van der Waals surface area contributed by atoms with Gasteiger partial charge in [0.2, 0.25) is 0 Å². The molecule has 5 rings (SSSR count). The van der Waals surface area contributed by atoms with E-state index in [1.165, 1.54) is 24.1 Å². The molecule has 1 amide bonds. The summed E-state index contributed by atoms with van der Waals surface area (Å²) >= 11 is 12.6. The zero-order valence-electron chi connectivity index (χ0n) is 20.2. The van der Waals surface area contributed by atoms with Gasteiger partial charge in [-0.2, -0.15) is 0 Å². The van der Waals surface area contributed by atoms with Crippen molar-refractivity contribution in [2.75, 3.05) is 19.1 Å². The molecule has 1 saturated heterocycles. The molecule has 1 atom stereocenters. The van der Waals surface area contributed by atoms with E-state index in [0.29, 0.717) is 17.0 Å². The zero-order valence-corrected chi connectivity index (χ0v) is 21.7. The van der Waals surface area contributed by atoms with Crippen molar-refractivity contribution in [3.8, 4) is 11.5 Å². The van der Waals surface area contributed by atoms with Gasteiger partial charge in [-0.3, -0.25) is 14.5 Å². The molecule has 1 fully saturated rings. The molecule has 9 heteroatoms. The highest BCUT2D eigenvalue weighted by Crippen LogP contribution is 2.46. The number of carbonyl (C=O) groups is 2. The number of aliphatic hydroxyl groups is 1. The topological polar surface area (TPSA) is 81.0 Å². The van der Waals surface area contributed by atoms with Crippen LogP contribution >= 0.6 is 23.2 Å². The normalized spacial score (nSPS) is 17.0. The number of amides is 1. The molecule has 37 heavy (non-hydrogen) atoms. The van der Waals surface area contributed by atoms with Gasteiger partial charge in [0, 0.05) is 41.0 Å². The number of aryl methyl sites for hydroxylation is 1. The number of methoxy groups -OCH3 is 2. The van der Waals surface area contributed by atoms with Crippen LogP contribution in [-0.2, 0) is 16.6 Å². The molecule has 1 unspecified atom stereocenters. The van der Waals surface area contributed by atoms with Gasteiger partial charge in [-0.15, -0.1) is 0 Å². The average molecular weight is 537 g/mol. The number of ether oxygens (including phenoxy) is 2. The van der Waals surface area contributed by atoms with E-state index in [2.05, 4.69) is 0 Å². The lowest BCUT2D eigenvalue weighted by Gasteiger charge is -2.25. The first kappa shape index (κ1) is 24.7. The summed E-state index contributed by atoms with van der Waals surface area (Å²) in [5.74, 6) is -1.14. The van der Waals surface area contributed by atoms with Crippen LogP contribution in [0.4, 0.5) is 5.69 Å². The molecule has 1 aliphatic rings. The zero-order chi connectivity index (χ0) is 26.4. The second kappa shape index (κ2) is 9.50. The third kappa shape index (κ3) is 4.00. The Morgan fingerprint density at radius 3 is 2.22 bits per heavy atom. The number of anilines is 1. The first-order valence-electron chi connectivity index (χ1n) is 11.3. The number of nitrogens with zero attached hydrogens (tertiary/aromatic N) is 2. The number of ketones is 1.